The maximum Gasteiger partial charge on any atom is 0.163 e. The molecule has 1 atom stereocenters. The molecule has 1 aromatic heterocycles. The number of hydrogen-bond donors (Lipinski definition) is 4. The van der Waals surface area contributed by atoms with Gasteiger partial charge in [-0.1, -0.05) is 12.1 Å². The number of ether oxygens (including phenoxy) is 2. The molecule has 1 saturated heterocycles. The third-order valence-corrected chi connectivity index (χ3v) is 5.20. The van der Waals surface area contributed by atoms with Crippen molar-refractivity contribution in [1.82, 2.24) is 15.3 Å². The van der Waals surface area contributed by atoms with Crippen LogP contribution in [-0.4, -0.2) is 66.7 Å². The summed E-state index contributed by atoms with van der Waals surface area (Å²) in [5, 5.41) is 19.8. The van der Waals surface area contributed by atoms with Crippen LogP contribution >= 0.6 is 0 Å². The molecule has 1 aliphatic carbocycles. The van der Waals surface area contributed by atoms with E-state index in [1.54, 1.807) is 7.05 Å². The highest BCUT2D eigenvalue weighted by Gasteiger charge is 2.22. The lowest BCUT2D eigenvalue weighted by Gasteiger charge is -2.24. The average Bonchev–Trinajstić information content (AvgIpc) is 3.57. The summed E-state index contributed by atoms with van der Waals surface area (Å²) < 4.78 is 11.2. The van der Waals surface area contributed by atoms with E-state index in [2.05, 4.69) is 16.0 Å². The van der Waals surface area contributed by atoms with Gasteiger partial charge in [0.25, 0.3) is 0 Å². The summed E-state index contributed by atoms with van der Waals surface area (Å²) in [5.41, 5.74) is 0.880. The molecular formula is C22H31N5O3. The fraction of sp³-hybridized carbons (Fsp3) is 0.545. The van der Waals surface area contributed by atoms with Crippen LogP contribution in [0.4, 0.5) is 11.6 Å². The second-order valence-electron chi connectivity index (χ2n) is 7.96. The fourth-order valence-corrected chi connectivity index (χ4v) is 3.42. The molecule has 2 aliphatic rings. The van der Waals surface area contributed by atoms with E-state index in [1.165, 1.54) is 12.8 Å². The van der Waals surface area contributed by atoms with E-state index in [0.717, 1.165) is 43.3 Å². The van der Waals surface area contributed by atoms with Gasteiger partial charge in [0.2, 0.25) is 0 Å². The smallest absolute Gasteiger partial charge is 0.163 e. The minimum Gasteiger partial charge on any atom is -0.491 e. The Morgan fingerprint density at radius 2 is 1.77 bits per heavy atom. The highest BCUT2D eigenvalue weighted by Crippen LogP contribution is 2.28. The zero-order valence-corrected chi connectivity index (χ0v) is 17.4. The molecule has 30 heavy (non-hydrogen) atoms. The van der Waals surface area contributed by atoms with Gasteiger partial charge in [-0.3, -0.25) is 0 Å². The van der Waals surface area contributed by atoms with Crippen molar-refractivity contribution in [1.29, 1.82) is 0 Å². The highest BCUT2D eigenvalue weighted by atomic mass is 16.5. The Bertz CT molecular complexity index is 824. The monoisotopic (exact) mass is 413 g/mol. The van der Waals surface area contributed by atoms with Gasteiger partial charge < -0.3 is 30.5 Å². The van der Waals surface area contributed by atoms with E-state index in [4.69, 9.17) is 19.4 Å². The number of aliphatic hydroxyl groups excluding tert-OH is 1. The molecule has 2 fully saturated rings. The summed E-state index contributed by atoms with van der Waals surface area (Å²) in [6, 6.07) is 10.6. The second kappa shape index (κ2) is 10.1. The Kier molecular flexibility index (Phi) is 6.99. The van der Waals surface area contributed by atoms with Crippen molar-refractivity contribution in [2.45, 2.75) is 43.9 Å². The number of aromatic nitrogens is 2. The minimum absolute atomic E-state index is 0.227. The van der Waals surface area contributed by atoms with E-state index < -0.39 is 6.10 Å². The van der Waals surface area contributed by atoms with Crippen LogP contribution in [0.15, 0.2) is 30.3 Å². The number of rotatable bonds is 10. The van der Waals surface area contributed by atoms with Gasteiger partial charge in [0.05, 0.1) is 0 Å². The van der Waals surface area contributed by atoms with Gasteiger partial charge in [0, 0.05) is 43.5 Å². The van der Waals surface area contributed by atoms with Crippen LogP contribution in [0.3, 0.4) is 0 Å². The van der Waals surface area contributed by atoms with E-state index in [-0.39, 0.29) is 6.61 Å². The topological polar surface area (TPSA) is 101 Å². The van der Waals surface area contributed by atoms with Crippen molar-refractivity contribution in [3.63, 3.8) is 0 Å². The molecular weight excluding hydrogens is 382 g/mol. The number of nitrogens with one attached hydrogen (secondary N) is 3. The van der Waals surface area contributed by atoms with Gasteiger partial charge in [-0.15, -0.1) is 0 Å². The third kappa shape index (κ3) is 6.04. The molecule has 8 nitrogen and oxygen atoms in total. The Morgan fingerprint density at radius 1 is 1.07 bits per heavy atom. The number of aliphatic hydroxyl groups is 1. The predicted octanol–water partition coefficient (Wildman–Crippen LogP) is 2.27. The van der Waals surface area contributed by atoms with Crippen molar-refractivity contribution >= 4 is 11.6 Å². The van der Waals surface area contributed by atoms with Crippen molar-refractivity contribution in [3.05, 3.63) is 30.3 Å². The number of hydrogen-bond acceptors (Lipinski definition) is 8. The lowest BCUT2D eigenvalue weighted by atomic mass is 10.1. The van der Waals surface area contributed by atoms with Crippen LogP contribution in [0.25, 0.3) is 11.4 Å². The van der Waals surface area contributed by atoms with Gasteiger partial charge in [0.15, 0.2) is 5.82 Å². The number of likely N-dealkylation sites (N-methyl/N-ethyl adjacent to an activating group) is 1. The molecule has 2 aromatic rings. The van der Waals surface area contributed by atoms with Crippen molar-refractivity contribution in [2.75, 3.05) is 44.0 Å². The average molecular weight is 414 g/mol. The molecule has 1 unspecified atom stereocenters. The Morgan fingerprint density at radius 3 is 2.43 bits per heavy atom. The Hall–Kier alpha value is -2.42. The fourth-order valence-electron chi connectivity index (χ4n) is 3.42. The van der Waals surface area contributed by atoms with Gasteiger partial charge in [-0.2, -0.15) is 0 Å². The molecule has 1 aromatic carbocycles. The van der Waals surface area contributed by atoms with Gasteiger partial charge in [0.1, 0.15) is 30.1 Å². The highest BCUT2D eigenvalue weighted by molar-refractivity contribution is 5.63. The molecule has 0 spiro atoms. The summed E-state index contributed by atoms with van der Waals surface area (Å²) >= 11 is 0. The van der Waals surface area contributed by atoms with Gasteiger partial charge in [-0.25, -0.2) is 9.97 Å². The van der Waals surface area contributed by atoms with E-state index >= 15 is 0 Å². The first-order valence-electron chi connectivity index (χ1n) is 10.8. The van der Waals surface area contributed by atoms with Crippen LogP contribution in [0.2, 0.25) is 0 Å². The molecule has 0 bridgehead atoms. The van der Waals surface area contributed by atoms with E-state index in [1.807, 2.05) is 30.3 Å². The zero-order valence-electron chi connectivity index (χ0n) is 17.4. The largest absolute Gasteiger partial charge is 0.491 e. The van der Waals surface area contributed by atoms with Crippen LogP contribution in [0.1, 0.15) is 25.7 Å². The lowest BCUT2D eigenvalue weighted by Crippen LogP contribution is -2.29. The summed E-state index contributed by atoms with van der Waals surface area (Å²) in [7, 11) is 1.80. The summed E-state index contributed by atoms with van der Waals surface area (Å²) in [6.45, 7) is 2.27. The van der Waals surface area contributed by atoms with Crippen LogP contribution < -0.4 is 20.7 Å². The van der Waals surface area contributed by atoms with Crippen molar-refractivity contribution in [2.24, 2.45) is 0 Å². The molecule has 0 radical (unpaired) electrons. The van der Waals surface area contributed by atoms with Crippen molar-refractivity contribution in [3.8, 4) is 17.1 Å². The molecule has 4 N–H and O–H groups in total. The first-order chi connectivity index (χ1) is 14.7. The SMILES string of the molecule is CNCC(O)COc1cccc(-c2nc(NC3CCOCC3)cc(NC3CC3)n2)c1. The normalized spacial score (nSPS) is 18.1. The Labute approximate surface area is 177 Å². The quantitative estimate of drug-likeness (QED) is 0.471. The first kappa shape index (κ1) is 20.8. The molecule has 162 valence electrons. The molecule has 2 heterocycles. The molecule has 4 rings (SSSR count). The zero-order chi connectivity index (χ0) is 20.8. The lowest BCUT2D eigenvalue weighted by molar-refractivity contribution is 0.0904. The van der Waals surface area contributed by atoms with Gasteiger partial charge >= 0.3 is 0 Å². The molecule has 1 saturated carbocycles. The van der Waals surface area contributed by atoms with Crippen LogP contribution in [-0.2, 0) is 4.74 Å². The standard InChI is InChI=1S/C22H31N5O3/c1-23-13-18(28)14-30-19-4-2-3-15(11-19)22-26-20(24-16-5-6-16)12-21(27-22)25-17-7-9-29-10-8-17/h2-4,11-12,16-18,23,28H,5-10,13-14H2,1H3,(H2,24,25,26,27). The first-order valence-corrected chi connectivity index (χ1v) is 10.8. The van der Waals surface area contributed by atoms with Crippen molar-refractivity contribution < 1.29 is 14.6 Å². The number of anilines is 2. The predicted molar refractivity (Wildman–Crippen MR) is 117 cm³/mol. The molecule has 0 amide bonds. The number of benzene rings is 1. The molecule has 8 heteroatoms. The second-order valence-corrected chi connectivity index (χ2v) is 7.96. The third-order valence-electron chi connectivity index (χ3n) is 5.20. The molecule has 1 aliphatic heterocycles. The van der Waals surface area contributed by atoms with Gasteiger partial charge in [-0.05, 0) is 44.9 Å². The maximum absolute atomic E-state index is 9.88. The summed E-state index contributed by atoms with van der Waals surface area (Å²) in [5.74, 6) is 3.00. The summed E-state index contributed by atoms with van der Waals surface area (Å²) in [6.07, 6.45) is 3.75. The number of nitrogens with zero attached hydrogens (tertiary/aromatic N) is 2. The van der Waals surface area contributed by atoms with Crippen LogP contribution in [0.5, 0.6) is 5.75 Å². The van der Waals surface area contributed by atoms with E-state index in [0.29, 0.717) is 30.2 Å². The van der Waals surface area contributed by atoms with Crippen LogP contribution in [0, 0.1) is 0 Å². The minimum atomic E-state index is -0.559. The van der Waals surface area contributed by atoms with E-state index in [9.17, 15) is 5.11 Å². The Balaban J connectivity index is 1.52. The summed E-state index contributed by atoms with van der Waals surface area (Å²) in [4.78, 5) is 9.51. The maximum atomic E-state index is 9.88.